The van der Waals surface area contributed by atoms with Crippen molar-refractivity contribution in [2.24, 2.45) is 0 Å². The van der Waals surface area contributed by atoms with Crippen molar-refractivity contribution < 1.29 is 22.4 Å². The minimum atomic E-state index is -3.65. The Kier molecular flexibility index (Phi) is 7.32. The van der Waals surface area contributed by atoms with Crippen molar-refractivity contribution >= 4 is 42.6 Å². The third-order valence-electron chi connectivity index (χ3n) is 6.82. The number of benzene rings is 2. The lowest BCUT2D eigenvalue weighted by molar-refractivity contribution is 0.0983. The van der Waals surface area contributed by atoms with Crippen LogP contribution in [0, 0.1) is 0 Å². The summed E-state index contributed by atoms with van der Waals surface area (Å²) in [6, 6.07) is 15.3. The molecule has 1 aliphatic rings. The highest BCUT2D eigenvalue weighted by Gasteiger charge is 2.30. The fourth-order valence-corrected chi connectivity index (χ4v) is 7.01. The number of sulfonamides is 1. The van der Waals surface area contributed by atoms with E-state index in [1.54, 1.807) is 49.6 Å². The van der Waals surface area contributed by atoms with E-state index in [-0.39, 0.29) is 23.4 Å². The number of aromatic nitrogens is 1. The molecular formula is C27H29N3O5S2. The van der Waals surface area contributed by atoms with Gasteiger partial charge in [0.25, 0.3) is 5.91 Å². The van der Waals surface area contributed by atoms with E-state index in [0.717, 1.165) is 42.3 Å². The van der Waals surface area contributed by atoms with Crippen LogP contribution in [-0.4, -0.2) is 43.8 Å². The van der Waals surface area contributed by atoms with Crippen LogP contribution in [0.2, 0.25) is 0 Å². The molecule has 0 aliphatic heterocycles. The van der Waals surface area contributed by atoms with E-state index in [9.17, 15) is 13.2 Å². The molecule has 5 rings (SSSR count). The largest absolute Gasteiger partial charge is 0.497 e. The van der Waals surface area contributed by atoms with Crippen molar-refractivity contribution in [2.45, 2.75) is 49.6 Å². The van der Waals surface area contributed by atoms with Gasteiger partial charge in [0, 0.05) is 24.7 Å². The lowest BCUT2D eigenvalue weighted by Gasteiger charge is -2.30. The summed E-state index contributed by atoms with van der Waals surface area (Å²) in [6.45, 7) is 0.188. The maximum absolute atomic E-state index is 13.7. The Morgan fingerprint density at radius 2 is 1.86 bits per heavy atom. The quantitative estimate of drug-likeness (QED) is 0.285. The molecule has 4 aromatic rings. The predicted molar refractivity (Wildman–Crippen MR) is 144 cm³/mol. The van der Waals surface area contributed by atoms with E-state index in [2.05, 4.69) is 4.98 Å². The molecule has 1 fully saturated rings. The normalized spacial score (nSPS) is 14.8. The van der Waals surface area contributed by atoms with Gasteiger partial charge in [-0.15, -0.1) is 0 Å². The van der Waals surface area contributed by atoms with Crippen LogP contribution in [-0.2, 0) is 16.6 Å². The summed E-state index contributed by atoms with van der Waals surface area (Å²) < 4.78 is 39.7. The highest BCUT2D eigenvalue weighted by atomic mass is 32.2. The Morgan fingerprint density at radius 1 is 1.11 bits per heavy atom. The van der Waals surface area contributed by atoms with E-state index in [1.807, 2.05) is 18.2 Å². The van der Waals surface area contributed by atoms with Gasteiger partial charge in [-0.25, -0.2) is 13.4 Å². The zero-order chi connectivity index (χ0) is 26.0. The summed E-state index contributed by atoms with van der Waals surface area (Å²) in [4.78, 5) is 20.1. The van der Waals surface area contributed by atoms with Gasteiger partial charge in [-0.2, -0.15) is 4.31 Å². The van der Waals surface area contributed by atoms with Gasteiger partial charge >= 0.3 is 0 Å². The molecule has 1 amide bonds. The first-order chi connectivity index (χ1) is 17.9. The second-order valence-corrected chi connectivity index (χ2v) is 12.1. The second-order valence-electron chi connectivity index (χ2n) is 9.14. The Bertz CT molecular complexity index is 1470. The van der Waals surface area contributed by atoms with Crippen molar-refractivity contribution in [3.8, 4) is 5.75 Å². The van der Waals surface area contributed by atoms with Crippen LogP contribution in [0.25, 0.3) is 10.2 Å². The summed E-state index contributed by atoms with van der Waals surface area (Å²) in [5.74, 6) is 0.994. The first kappa shape index (κ1) is 25.4. The van der Waals surface area contributed by atoms with E-state index >= 15 is 0 Å². The van der Waals surface area contributed by atoms with Crippen LogP contribution in [0.15, 0.2) is 70.2 Å². The molecule has 0 radical (unpaired) electrons. The molecule has 1 aliphatic carbocycles. The van der Waals surface area contributed by atoms with E-state index < -0.39 is 10.0 Å². The highest BCUT2D eigenvalue weighted by molar-refractivity contribution is 7.89. The second kappa shape index (κ2) is 10.6. The number of thiazole rings is 1. The summed E-state index contributed by atoms with van der Waals surface area (Å²) in [7, 11) is -0.402. The third-order valence-corrected chi connectivity index (χ3v) is 9.80. The number of fused-ring (bicyclic) bond motifs is 1. The number of ether oxygens (including phenoxy) is 1. The standard InChI is InChI=1S/C27H29N3O5S2/c1-29(20-7-4-3-5-8-20)37(32,33)23-13-10-19(11-14-23)26(31)30(18-22-9-6-16-35-22)27-28-24-17-21(34-2)12-15-25(24)36-27/h6,9-17,20H,3-5,7-8,18H2,1-2H3. The number of carbonyl (C=O) groups excluding carboxylic acids is 1. The zero-order valence-corrected chi connectivity index (χ0v) is 22.4. The number of amides is 1. The minimum absolute atomic E-state index is 0.0153. The Labute approximate surface area is 220 Å². The number of rotatable bonds is 8. The predicted octanol–water partition coefficient (Wildman–Crippen LogP) is 5.70. The SMILES string of the molecule is COc1ccc2sc(N(Cc3ccco3)C(=O)c3ccc(S(=O)(=O)N(C)C4CCCCC4)cc3)nc2c1. The molecule has 2 heterocycles. The van der Waals surface area contributed by atoms with Crippen molar-refractivity contribution in [3.05, 3.63) is 72.2 Å². The number of nitrogens with zero attached hydrogens (tertiary/aromatic N) is 3. The average Bonchev–Trinajstić information content (AvgIpc) is 3.60. The van der Waals surface area contributed by atoms with Gasteiger partial charge in [-0.3, -0.25) is 9.69 Å². The first-order valence-corrected chi connectivity index (χ1v) is 14.5. The summed E-state index contributed by atoms with van der Waals surface area (Å²) in [6.07, 6.45) is 6.55. The molecular weight excluding hydrogens is 510 g/mol. The summed E-state index contributed by atoms with van der Waals surface area (Å²) >= 11 is 1.39. The molecule has 10 heteroatoms. The van der Waals surface area contributed by atoms with Gasteiger partial charge in [-0.1, -0.05) is 30.6 Å². The molecule has 194 valence electrons. The van der Waals surface area contributed by atoms with Gasteiger partial charge in [0.05, 0.1) is 35.0 Å². The van der Waals surface area contributed by atoms with Crippen LogP contribution in [0.4, 0.5) is 5.13 Å². The lowest BCUT2D eigenvalue weighted by Crippen LogP contribution is -2.38. The molecule has 8 nitrogen and oxygen atoms in total. The number of carbonyl (C=O) groups is 1. The number of methoxy groups -OCH3 is 1. The molecule has 0 unspecified atom stereocenters. The summed E-state index contributed by atoms with van der Waals surface area (Å²) in [5, 5.41) is 0.512. The monoisotopic (exact) mass is 539 g/mol. The number of hydrogen-bond donors (Lipinski definition) is 0. The molecule has 0 N–H and O–H groups in total. The van der Waals surface area contributed by atoms with Gasteiger partial charge in [-0.05, 0) is 61.4 Å². The maximum atomic E-state index is 13.7. The number of hydrogen-bond acceptors (Lipinski definition) is 7. The van der Waals surface area contributed by atoms with Gasteiger partial charge in [0.15, 0.2) is 5.13 Å². The fourth-order valence-electron chi connectivity index (χ4n) is 4.65. The van der Waals surface area contributed by atoms with E-state index in [0.29, 0.717) is 22.2 Å². The van der Waals surface area contributed by atoms with E-state index in [4.69, 9.17) is 9.15 Å². The third kappa shape index (κ3) is 5.27. The summed E-state index contributed by atoms with van der Waals surface area (Å²) in [5.41, 5.74) is 1.09. The molecule has 0 atom stereocenters. The van der Waals surface area contributed by atoms with Crippen LogP contribution in [0.3, 0.4) is 0 Å². The average molecular weight is 540 g/mol. The Balaban J connectivity index is 1.43. The van der Waals surface area contributed by atoms with Gasteiger partial charge < -0.3 is 9.15 Å². The molecule has 0 bridgehead atoms. The topological polar surface area (TPSA) is 92.9 Å². The molecule has 2 aromatic heterocycles. The lowest BCUT2D eigenvalue weighted by atomic mass is 9.96. The van der Waals surface area contributed by atoms with Crippen molar-refractivity contribution in [1.29, 1.82) is 0 Å². The molecule has 37 heavy (non-hydrogen) atoms. The van der Waals surface area contributed by atoms with Crippen molar-refractivity contribution in [1.82, 2.24) is 9.29 Å². The fraction of sp³-hybridized carbons (Fsp3) is 0.333. The maximum Gasteiger partial charge on any atom is 0.260 e. The van der Waals surface area contributed by atoms with Crippen LogP contribution >= 0.6 is 11.3 Å². The smallest absolute Gasteiger partial charge is 0.260 e. The Hall–Kier alpha value is -3.21. The van der Waals surface area contributed by atoms with E-state index in [1.165, 1.54) is 27.8 Å². The van der Waals surface area contributed by atoms with Crippen molar-refractivity contribution in [2.75, 3.05) is 19.1 Å². The zero-order valence-electron chi connectivity index (χ0n) is 20.8. The number of anilines is 1. The molecule has 0 saturated heterocycles. The van der Waals surface area contributed by atoms with Crippen LogP contribution in [0.5, 0.6) is 5.75 Å². The van der Waals surface area contributed by atoms with Gasteiger partial charge in [0.2, 0.25) is 10.0 Å². The van der Waals surface area contributed by atoms with Crippen LogP contribution in [0.1, 0.15) is 48.2 Å². The van der Waals surface area contributed by atoms with Crippen molar-refractivity contribution in [3.63, 3.8) is 0 Å². The minimum Gasteiger partial charge on any atom is -0.497 e. The van der Waals surface area contributed by atoms with Crippen LogP contribution < -0.4 is 9.64 Å². The first-order valence-electron chi connectivity index (χ1n) is 12.2. The molecule has 1 saturated carbocycles. The molecule has 2 aromatic carbocycles. The van der Waals surface area contributed by atoms with Gasteiger partial charge in [0.1, 0.15) is 11.5 Å². The molecule has 0 spiro atoms. The number of furan rings is 1. The highest BCUT2D eigenvalue weighted by Crippen LogP contribution is 2.33. The Morgan fingerprint density at radius 3 is 2.54 bits per heavy atom.